The van der Waals surface area contributed by atoms with Gasteiger partial charge in [0.25, 0.3) is 5.91 Å². The van der Waals surface area contributed by atoms with Gasteiger partial charge in [-0.2, -0.15) is 0 Å². The van der Waals surface area contributed by atoms with Crippen LogP contribution in [0.5, 0.6) is 0 Å². The summed E-state index contributed by atoms with van der Waals surface area (Å²) in [6, 6.07) is 14.8. The molecule has 1 aliphatic rings. The lowest BCUT2D eigenvalue weighted by Gasteiger charge is -2.25. The Balaban J connectivity index is 1.59. The number of likely N-dealkylation sites (N-methyl/N-ethyl adjacent to an activating group) is 1. The topological polar surface area (TPSA) is 61.4 Å². The standard InChI is InChI=1S/C26H34FN3O2/c1-17(2)29-24(31)21-12-11-18(14-23(21)27)13-20(30(4)5)16-28-25(32)22-15-26(22,3)19-9-7-6-8-10-19/h6-12,14,17,20,22H,13,15-16H2,1-5H3,(H,28,32)(H,29,31)/t20-,22?,26?/m0/s1. The summed E-state index contributed by atoms with van der Waals surface area (Å²) in [6.45, 7) is 6.29. The van der Waals surface area contributed by atoms with Crippen molar-refractivity contribution in [3.8, 4) is 0 Å². The van der Waals surface area contributed by atoms with E-state index in [1.54, 1.807) is 6.07 Å². The van der Waals surface area contributed by atoms with E-state index in [9.17, 15) is 14.0 Å². The van der Waals surface area contributed by atoms with Crippen LogP contribution in [0.15, 0.2) is 48.5 Å². The molecule has 2 amide bonds. The fourth-order valence-corrected chi connectivity index (χ4v) is 4.15. The van der Waals surface area contributed by atoms with Crippen LogP contribution in [0.3, 0.4) is 0 Å². The van der Waals surface area contributed by atoms with Crippen LogP contribution in [-0.4, -0.2) is 49.4 Å². The Hall–Kier alpha value is -2.73. The molecule has 172 valence electrons. The normalized spacial score (nSPS) is 20.8. The van der Waals surface area contributed by atoms with Crippen LogP contribution in [0, 0.1) is 11.7 Å². The van der Waals surface area contributed by atoms with Gasteiger partial charge in [-0.05, 0) is 64.0 Å². The van der Waals surface area contributed by atoms with Crippen molar-refractivity contribution in [3.05, 3.63) is 71.0 Å². The average Bonchev–Trinajstić information content (AvgIpc) is 3.44. The largest absolute Gasteiger partial charge is 0.354 e. The fourth-order valence-electron chi connectivity index (χ4n) is 4.15. The molecule has 2 unspecified atom stereocenters. The zero-order chi connectivity index (χ0) is 23.5. The van der Waals surface area contributed by atoms with Gasteiger partial charge in [-0.3, -0.25) is 9.59 Å². The van der Waals surface area contributed by atoms with E-state index < -0.39 is 11.7 Å². The molecule has 1 aliphatic carbocycles. The highest BCUT2D eigenvalue weighted by atomic mass is 19.1. The predicted molar refractivity (Wildman–Crippen MR) is 125 cm³/mol. The van der Waals surface area contributed by atoms with Gasteiger partial charge >= 0.3 is 0 Å². The number of hydrogen-bond donors (Lipinski definition) is 2. The van der Waals surface area contributed by atoms with Crippen molar-refractivity contribution in [2.75, 3.05) is 20.6 Å². The van der Waals surface area contributed by atoms with Gasteiger partial charge in [-0.15, -0.1) is 0 Å². The maximum absolute atomic E-state index is 14.5. The van der Waals surface area contributed by atoms with Gasteiger partial charge in [-0.1, -0.05) is 43.3 Å². The Kier molecular flexibility index (Phi) is 7.34. The van der Waals surface area contributed by atoms with E-state index in [-0.39, 0.29) is 34.9 Å². The molecule has 2 aromatic carbocycles. The number of hydrogen-bond acceptors (Lipinski definition) is 3. The van der Waals surface area contributed by atoms with Gasteiger partial charge in [0.2, 0.25) is 5.91 Å². The second-order valence-corrected chi connectivity index (χ2v) is 9.55. The summed E-state index contributed by atoms with van der Waals surface area (Å²) in [4.78, 5) is 26.9. The molecule has 32 heavy (non-hydrogen) atoms. The van der Waals surface area contributed by atoms with Crippen LogP contribution in [0.1, 0.15) is 48.7 Å². The van der Waals surface area contributed by atoms with Crippen LogP contribution in [0.4, 0.5) is 4.39 Å². The molecule has 0 spiro atoms. The van der Waals surface area contributed by atoms with E-state index in [1.807, 2.05) is 51.0 Å². The van der Waals surface area contributed by atoms with E-state index in [2.05, 4.69) is 29.7 Å². The smallest absolute Gasteiger partial charge is 0.254 e. The molecule has 3 atom stereocenters. The van der Waals surface area contributed by atoms with Gasteiger partial charge in [0, 0.05) is 30.0 Å². The minimum absolute atomic E-state index is 0.00965. The van der Waals surface area contributed by atoms with E-state index in [1.165, 1.54) is 17.7 Å². The van der Waals surface area contributed by atoms with Crippen molar-refractivity contribution in [1.82, 2.24) is 15.5 Å². The maximum Gasteiger partial charge on any atom is 0.254 e. The molecule has 0 bridgehead atoms. The van der Waals surface area contributed by atoms with Crippen LogP contribution >= 0.6 is 0 Å². The Morgan fingerprint density at radius 3 is 2.44 bits per heavy atom. The molecular weight excluding hydrogens is 405 g/mol. The third-order valence-electron chi connectivity index (χ3n) is 6.40. The van der Waals surface area contributed by atoms with E-state index in [4.69, 9.17) is 0 Å². The molecular formula is C26H34FN3O2. The van der Waals surface area contributed by atoms with Crippen molar-refractivity contribution in [3.63, 3.8) is 0 Å². The summed E-state index contributed by atoms with van der Waals surface area (Å²) in [5.41, 5.74) is 1.93. The Morgan fingerprint density at radius 1 is 1.16 bits per heavy atom. The third-order valence-corrected chi connectivity index (χ3v) is 6.40. The molecule has 3 rings (SSSR count). The lowest BCUT2D eigenvalue weighted by molar-refractivity contribution is -0.122. The first-order valence-electron chi connectivity index (χ1n) is 11.2. The first kappa shape index (κ1) is 23.9. The number of carbonyl (C=O) groups is 2. The van der Waals surface area contributed by atoms with E-state index in [0.29, 0.717) is 13.0 Å². The number of rotatable bonds is 9. The zero-order valence-electron chi connectivity index (χ0n) is 19.6. The number of nitrogens with one attached hydrogen (secondary N) is 2. The van der Waals surface area contributed by atoms with Gasteiger partial charge in [0.1, 0.15) is 5.82 Å². The Morgan fingerprint density at radius 2 is 1.84 bits per heavy atom. The third kappa shape index (κ3) is 5.54. The number of carbonyl (C=O) groups excluding carboxylic acids is 2. The van der Waals surface area contributed by atoms with Gasteiger partial charge < -0.3 is 15.5 Å². The van der Waals surface area contributed by atoms with Crippen LogP contribution in [0.2, 0.25) is 0 Å². The Labute approximate surface area is 190 Å². The highest BCUT2D eigenvalue weighted by Gasteiger charge is 2.55. The highest BCUT2D eigenvalue weighted by Crippen LogP contribution is 2.53. The molecule has 0 heterocycles. The predicted octanol–water partition coefficient (Wildman–Crippen LogP) is 3.53. The molecule has 1 fully saturated rings. The minimum atomic E-state index is -0.529. The minimum Gasteiger partial charge on any atom is -0.354 e. The van der Waals surface area contributed by atoms with Gasteiger partial charge in [-0.25, -0.2) is 4.39 Å². The van der Waals surface area contributed by atoms with Crippen molar-refractivity contribution in [2.45, 2.75) is 51.1 Å². The van der Waals surface area contributed by atoms with Crippen molar-refractivity contribution in [1.29, 1.82) is 0 Å². The summed E-state index contributed by atoms with van der Waals surface area (Å²) in [5, 5.41) is 5.81. The van der Waals surface area contributed by atoms with E-state index in [0.717, 1.165) is 12.0 Å². The van der Waals surface area contributed by atoms with Crippen molar-refractivity contribution < 1.29 is 14.0 Å². The second-order valence-electron chi connectivity index (χ2n) is 9.55. The molecule has 2 aromatic rings. The zero-order valence-corrected chi connectivity index (χ0v) is 19.6. The summed E-state index contributed by atoms with van der Waals surface area (Å²) >= 11 is 0. The Bertz CT molecular complexity index is 961. The molecule has 5 nitrogen and oxygen atoms in total. The molecule has 2 N–H and O–H groups in total. The lowest BCUT2D eigenvalue weighted by atomic mass is 9.95. The average molecular weight is 440 g/mol. The van der Waals surface area contributed by atoms with Gasteiger partial charge in [0.05, 0.1) is 5.56 Å². The first-order valence-corrected chi connectivity index (χ1v) is 11.2. The SMILES string of the molecule is CC(C)NC(=O)c1ccc(C[C@@H](CNC(=O)C2CC2(C)c2ccccc2)N(C)C)cc1F. The number of nitrogens with zero attached hydrogens (tertiary/aromatic N) is 1. The fraction of sp³-hybridized carbons (Fsp3) is 0.462. The summed E-state index contributed by atoms with van der Waals surface area (Å²) < 4.78 is 14.5. The van der Waals surface area contributed by atoms with Crippen molar-refractivity contribution >= 4 is 11.8 Å². The number of halogens is 1. The van der Waals surface area contributed by atoms with Crippen LogP contribution in [0.25, 0.3) is 0 Å². The molecule has 0 aromatic heterocycles. The van der Waals surface area contributed by atoms with E-state index >= 15 is 0 Å². The summed E-state index contributed by atoms with van der Waals surface area (Å²) in [7, 11) is 3.89. The molecule has 1 saturated carbocycles. The van der Waals surface area contributed by atoms with Crippen LogP contribution in [-0.2, 0) is 16.6 Å². The summed E-state index contributed by atoms with van der Waals surface area (Å²) in [5.74, 6) is -0.899. The lowest BCUT2D eigenvalue weighted by Crippen LogP contribution is -2.42. The first-order chi connectivity index (χ1) is 15.1. The molecule has 0 radical (unpaired) electrons. The number of amides is 2. The van der Waals surface area contributed by atoms with Crippen molar-refractivity contribution in [2.24, 2.45) is 5.92 Å². The van der Waals surface area contributed by atoms with Crippen LogP contribution < -0.4 is 10.6 Å². The second kappa shape index (κ2) is 9.82. The number of benzene rings is 2. The monoisotopic (exact) mass is 439 g/mol. The summed E-state index contributed by atoms with van der Waals surface area (Å²) in [6.07, 6.45) is 1.41. The highest BCUT2D eigenvalue weighted by molar-refractivity contribution is 5.94. The molecule has 0 aliphatic heterocycles. The maximum atomic E-state index is 14.5. The van der Waals surface area contributed by atoms with Gasteiger partial charge in [0.15, 0.2) is 0 Å². The quantitative estimate of drug-likeness (QED) is 0.628. The molecule has 0 saturated heterocycles. The molecule has 6 heteroatoms.